The lowest BCUT2D eigenvalue weighted by molar-refractivity contribution is 0.191. The highest BCUT2D eigenvalue weighted by atomic mass is 32.2. The molecule has 0 radical (unpaired) electrons. The van der Waals surface area contributed by atoms with Gasteiger partial charge < -0.3 is 14.3 Å². The minimum Gasteiger partial charge on any atom is -0.496 e. The number of rotatable bonds is 4. The summed E-state index contributed by atoms with van der Waals surface area (Å²) < 4.78 is 10.6. The van der Waals surface area contributed by atoms with Crippen LogP contribution in [0.1, 0.15) is 24.5 Å². The fraction of sp³-hybridized carbons (Fsp3) is 0.333. The Bertz CT molecular complexity index is 540. The topological polar surface area (TPSA) is 68.4 Å². The second-order valence-corrected chi connectivity index (χ2v) is 4.73. The van der Waals surface area contributed by atoms with Crippen LogP contribution in [0.3, 0.4) is 0 Å². The van der Waals surface area contributed by atoms with Crippen LogP contribution in [0, 0.1) is 6.92 Å². The Hall–Kier alpha value is -1.53. The number of aryl methyl sites for hydroxylation is 1. The molecule has 1 N–H and O–H groups in total. The summed E-state index contributed by atoms with van der Waals surface area (Å²) in [7, 11) is 1.58. The molecule has 96 valence electrons. The van der Waals surface area contributed by atoms with Crippen LogP contribution in [0.25, 0.3) is 0 Å². The molecule has 1 heterocycles. The quantitative estimate of drug-likeness (QED) is 0.917. The second kappa shape index (κ2) is 5.41. The summed E-state index contributed by atoms with van der Waals surface area (Å²) in [5.74, 6) is 1.16. The first-order valence-electron chi connectivity index (χ1n) is 5.44. The Morgan fingerprint density at radius 1 is 1.39 bits per heavy atom. The number of aliphatic hydroxyl groups excluding tert-OH is 1. The third-order valence-corrected chi connectivity index (χ3v) is 3.28. The Morgan fingerprint density at radius 3 is 2.72 bits per heavy atom. The number of aromatic nitrogens is 2. The predicted molar refractivity (Wildman–Crippen MR) is 66.8 cm³/mol. The summed E-state index contributed by atoms with van der Waals surface area (Å²) in [6, 6.07) is 5.55. The minimum absolute atomic E-state index is 0.447. The monoisotopic (exact) mass is 266 g/mol. The van der Waals surface area contributed by atoms with Gasteiger partial charge >= 0.3 is 0 Å². The van der Waals surface area contributed by atoms with Crippen molar-refractivity contribution in [2.75, 3.05) is 7.11 Å². The summed E-state index contributed by atoms with van der Waals surface area (Å²) in [5, 5.41) is 18.0. The average molecular weight is 266 g/mol. The van der Waals surface area contributed by atoms with Gasteiger partial charge in [0, 0.05) is 17.4 Å². The highest BCUT2D eigenvalue weighted by Crippen LogP contribution is 2.37. The van der Waals surface area contributed by atoms with Crippen molar-refractivity contribution in [1.82, 2.24) is 10.2 Å². The highest BCUT2D eigenvalue weighted by Gasteiger charge is 2.16. The van der Waals surface area contributed by atoms with Crippen LogP contribution in [0.5, 0.6) is 5.75 Å². The van der Waals surface area contributed by atoms with Gasteiger partial charge in [0.25, 0.3) is 5.22 Å². The van der Waals surface area contributed by atoms with E-state index in [1.165, 1.54) is 11.8 Å². The van der Waals surface area contributed by atoms with Crippen LogP contribution in [0.4, 0.5) is 0 Å². The van der Waals surface area contributed by atoms with E-state index >= 15 is 0 Å². The Balaban J connectivity index is 2.37. The summed E-state index contributed by atoms with van der Waals surface area (Å²) in [4.78, 5) is 0.841. The normalized spacial score (nSPS) is 12.4. The standard InChI is InChI=1S/C12H14N2O3S/c1-7(15)11-9(16-3)5-4-6-10(11)18-12-14-13-8(2)17-12/h4-7,15H,1-3H3/t7-/m1/s1. The van der Waals surface area contributed by atoms with E-state index in [9.17, 15) is 5.11 Å². The van der Waals surface area contributed by atoms with Gasteiger partial charge in [0.15, 0.2) is 0 Å². The first-order chi connectivity index (χ1) is 8.61. The van der Waals surface area contributed by atoms with Crippen LogP contribution in [0.2, 0.25) is 0 Å². The molecule has 1 aromatic heterocycles. The van der Waals surface area contributed by atoms with Crippen LogP contribution >= 0.6 is 11.8 Å². The molecule has 0 unspecified atom stereocenters. The molecule has 0 saturated heterocycles. The smallest absolute Gasteiger partial charge is 0.281 e. The van der Waals surface area contributed by atoms with Gasteiger partial charge in [0.05, 0.1) is 13.2 Å². The lowest BCUT2D eigenvalue weighted by atomic mass is 10.1. The predicted octanol–water partition coefficient (Wildman–Crippen LogP) is 2.59. The van der Waals surface area contributed by atoms with E-state index in [0.717, 1.165) is 10.5 Å². The zero-order valence-corrected chi connectivity index (χ0v) is 11.2. The molecule has 0 aliphatic heterocycles. The van der Waals surface area contributed by atoms with Gasteiger partial charge in [0.2, 0.25) is 5.89 Å². The van der Waals surface area contributed by atoms with Crippen molar-refractivity contribution < 1.29 is 14.3 Å². The zero-order chi connectivity index (χ0) is 13.1. The van der Waals surface area contributed by atoms with Gasteiger partial charge in [-0.25, -0.2) is 0 Å². The fourth-order valence-electron chi connectivity index (χ4n) is 1.62. The molecule has 6 heteroatoms. The molecule has 2 aromatic rings. The summed E-state index contributed by atoms with van der Waals surface area (Å²) >= 11 is 1.31. The van der Waals surface area contributed by atoms with E-state index in [2.05, 4.69) is 10.2 Å². The maximum absolute atomic E-state index is 9.84. The van der Waals surface area contributed by atoms with Crippen molar-refractivity contribution in [3.05, 3.63) is 29.7 Å². The molecule has 1 aromatic carbocycles. The molecule has 0 aliphatic carbocycles. The van der Waals surface area contributed by atoms with E-state index in [-0.39, 0.29) is 0 Å². The first kappa shape index (κ1) is 12.9. The largest absolute Gasteiger partial charge is 0.496 e. The summed E-state index contributed by atoms with van der Waals surface area (Å²) in [6.07, 6.45) is -0.632. The Morgan fingerprint density at radius 2 is 2.17 bits per heavy atom. The molecular weight excluding hydrogens is 252 g/mol. The van der Waals surface area contributed by atoms with Crippen molar-refractivity contribution in [2.45, 2.75) is 30.1 Å². The number of hydrogen-bond acceptors (Lipinski definition) is 6. The van der Waals surface area contributed by atoms with Crippen molar-refractivity contribution in [3.8, 4) is 5.75 Å². The van der Waals surface area contributed by atoms with Crippen LogP contribution in [0.15, 0.2) is 32.7 Å². The summed E-state index contributed by atoms with van der Waals surface area (Å²) in [6.45, 7) is 3.43. The van der Waals surface area contributed by atoms with Crippen molar-refractivity contribution in [3.63, 3.8) is 0 Å². The molecule has 0 fully saturated rings. The molecule has 0 bridgehead atoms. The second-order valence-electron chi connectivity index (χ2n) is 3.74. The summed E-state index contributed by atoms with van der Waals surface area (Å²) in [5.41, 5.74) is 0.723. The van der Waals surface area contributed by atoms with Gasteiger partial charge in [-0.1, -0.05) is 6.07 Å². The maximum Gasteiger partial charge on any atom is 0.281 e. The molecule has 1 atom stereocenters. The Kier molecular flexibility index (Phi) is 3.88. The lowest BCUT2D eigenvalue weighted by Crippen LogP contribution is -1.98. The zero-order valence-electron chi connectivity index (χ0n) is 10.4. The van der Waals surface area contributed by atoms with Gasteiger partial charge in [-0.2, -0.15) is 0 Å². The number of ether oxygens (including phenoxy) is 1. The minimum atomic E-state index is -0.632. The molecule has 0 amide bonds. The van der Waals surface area contributed by atoms with Gasteiger partial charge in [-0.3, -0.25) is 0 Å². The van der Waals surface area contributed by atoms with Gasteiger partial charge in [0.1, 0.15) is 5.75 Å². The van der Waals surface area contributed by atoms with E-state index in [1.807, 2.05) is 18.2 Å². The van der Waals surface area contributed by atoms with E-state index in [0.29, 0.717) is 16.9 Å². The third kappa shape index (κ3) is 2.65. The fourth-order valence-corrected chi connectivity index (χ4v) is 2.58. The number of hydrogen-bond donors (Lipinski definition) is 1. The number of aliphatic hydroxyl groups is 1. The number of nitrogens with zero attached hydrogens (tertiary/aromatic N) is 2. The Labute approximate surface area is 109 Å². The molecule has 0 saturated carbocycles. The van der Waals surface area contributed by atoms with Crippen molar-refractivity contribution in [1.29, 1.82) is 0 Å². The van der Waals surface area contributed by atoms with Crippen molar-refractivity contribution >= 4 is 11.8 Å². The van der Waals surface area contributed by atoms with Crippen LogP contribution in [-0.2, 0) is 0 Å². The number of benzene rings is 1. The molecule has 0 aliphatic rings. The average Bonchev–Trinajstić information content (AvgIpc) is 2.74. The van der Waals surface area contributed by atoms with Gasteiger partial charge in [-0.15, -0.1) is 10.2 Å². The van der Waals surface area contributed by atoms with E-state index in [4.69, 9.17) is 9.15 Å². The SMILES string of the molecule is COc1cccc(Sc2nnc(C)o2)c1[C@@H](C)O. The van der Waals surface area contributed by atoms with Crippen LogP contribution < -0.4 is 4.74 Å². The lowest BCUT2D eigenvalue weighted by Gasteiger charge is -2.14. The maximum atomic E-state index is 9.84. The van der Waals surface area contributed by atoms with Crippen molar-refractivity contribution in [2.24, 2.45) is 0 Å². The van der Waals surface area contributed by atoms with E-state index < -0.39 is 6.10 Å². The highest BCUT2D eigenvalue weighted by molar-refractivity contribution is 7.99. The number of methoxy groups -OCH3 is 1. The molecule has 18 heavy (non-hydrogen) atoms. The molecule has 2 rings (SSSR count). The molecular formula is C12H14N2O3S. The molecule has 0 spiro atoms. The van der Waals surface area contributed by atoms with Crippen LogP contribution in [-0.4, -0.2) is 22.4 Å². The molecule has 5 nitrogen and oxygen atoms in total. The van der Waals surface area contributed by atoms with E-state index in [1.54, 1.807) is 21.0 Å². The first-order valence-corrected chi connectivity index (χ1v) is 6.26. The third-order valence-electron chi connectivity index (χ3n) is 2.37. The van der Waals surface area contributed by atoms with Gasteiger partial charge in [-0.05, 0) is 30.8 Å².